The Hall–Kier alpha value is -0.0800. The summed E-state index contributed by atoms with van der Waals surface area (Å²) in [7, 11) is 0. The lowest BCUT2D eigenvalue weighted by atomic mass is 10.0. The average molecular weight is 183 g/mol. The van der Waals surface area contributed by atoms with Gasteiger partial charge in [-0.25, -0.2) is 0 Å². The number of hydrogen-bond acceptors (Lipinski definition) is 2. The highest BCUT2D eigenvalue weighted by atomic mass is 16.5. The van der Waals surface area contributed by atoms with Gasteiger partial charge in [0, 0.05) is 18.7 Å². The van der Waals surface area contributed by atoms with E-state index >= 15 is 0 Å². The van der Waals surface area contributed by atoms with Gasteiger partial charge in [-0.15, -0.1) is 0 Å². The van der Waals surface area contributed by atoms with Crippen LogP contribution in [0.25, 0.3) is 0 Å². The summed E-state index contributed by atoms with van der Waals surface area (Å²) < 4.78 is 5.86. The number of piperidine rings is 1. The first-order valence-corrected chi connectivity index (χ1v) is 5.76. The topological polar surface area (TPSA) is 21.3 Å². The monoisotopic (exact) mass is 183 g/mol. The summed E-state index contributed by atoms with van der Waals surface area (Å²) in [6.07, 6.45) is 8.28. The van der Waals surface area contributed by atoms with Crippen molar-refractivity contribution in [2.75, 3.05) is 6.61 Å². The van der Waals surface area contributed by atoms with Crippen molar-refractivity contribution in [2.45, 2.75) is 63.6 Å². The van der Waals surface area contributed by atoms with Crippen LogP contribution in [0.3, 0.4) is 0 Å². The number of fused-ring (bicyclic) bond motifs is 2. The van der Waals surface area contributed by atoms with Gasteiger partial charge in [0.2, 0.25) is 0 Å². The van der Waals surface area contributed by atoms with Crippen molar-refractivity contribution in [1.82, 2.24) is 5.32 Å². The lowest BCUT2D eigenvalue weighted by molar-refractivity contribution is 0.0189. The summed E-state index contributed by atoms with van der Waals surface area (Å²) in [5.74, 6) is 0. The van der Waals surface area contributed by atoms with E-state index in [-0.39, 0.29) is 0 Å². The molecule has 1 N–H and O–H groups in total. The van der Waals surface area contributed by atoms with Gasteiger partial charge in [-0.1, -0.05) is 13.3 Å². The molecular formula is C11H21NO. The maximum absolute atomic E-state index is 5.86. The molecule has 2 rings (SSSR count). The van der Waals surface area contributed by atoms with Crippen LogP contribution in [-0.4, -0.2) is 24.8 Å². The highest BCUT2D eigenvalue weighted by Gasteiger charge is 2.33. The molecule has 2 fully saturated rings. The van der Waals surface area contributed by atoms with Gasteiger partial charge in [0.05, 0.1) is 6.10 Å². The maximum Gasteiger partial charge on any atom is 0.0604 e. The summed E-state index contributed by atoms with van der Waals surface area (Å²) in [4.78, 5) is 0. The predicted molar refractivity (Wildman–Crippen MR) is 53.8 cm³/mol. The Balaban J connectivity index is 1.69. The zero-order chi connectivity index (χ0) is 9.10. The summed E-state index contributed by atoms with van der Waals surface area (Å²) in [5.41, 5.74) is 0. The molecule has 2 nitrogen and oxygen atoms in total. The molecule has 0 aliphatic carbocycles. The minimum atomic E-state index is 0.560. The average Bonchev–Trinajstić information content (AvgIpc) is 2.46. The van der Waals surface area contributed by atoms with Gasteiger partial charge in [-0.2, -0.15) is 0 Å². The fourth-order valence-electron chi connectivity index (χ4n) is 2.54. The Morgan fingerprint density at radius 1 is 1.23 bits per heavy atom. The summed E-state index contributed by atoms with van der Waals surface area (Å²) in [5, 5.41) is 3.63. The van der Waals surface area contributed by atoms with Crippen LogP contribution in [0.2, 0.25) is 0 Å². The predicted octanol–water partition coefficient (Wildman–Crippen LogP) is 2.09. The second kappa shape index (κ2) is 4.43. The van der Waals surface area contributed by atoms with Crippen molar-refractivity contribution in [2.24, 2.45) is 0 Å². The molecule has 2 aliphatic rings. The van der Waals surface area contributed by atoms with Crippen LogP contribution in [-0.2, 0) is 4.74 Å². The molecule has 2 atom stereocenters. The number of rotatable bonds is 4. The van der Waals surface area contributed by atoms with E-state index in [9.17, 15) is 0 Å². The molecule has 0 radical (unpaired) electrons. The fourth-order valence-corrected chi connectivity index (χ4v) is 2.54. The second-order valence-electron chi connectivity index (χ2n) is 4.46. The minimum Gasteiger partial charge on any atom is -0.378 e. The smallest absolute Gasteiger partial charge is 0.0604 e. The van der Waals surface area contributed by atoms with Gasteiger partial charge in [0.15, 0.2) is 0 Å². The van der Waals surface area contributed by atoms with E-state index in [0.717, 1.165) is 18.7 Å². The molecule has 0 aromatic carbocycles. The van der Waals surface area contributed by atoms with Crippen LogP contribution in [0.4, 0.5) is 0 Å². The van der Waals surface area contributed by atoms with Crippen molar-refractivity contribution in [3.8, 4) is 0 Å². The van der Waals surface area contributed by atoms with Crippen LogP contribution in [0, 0.1) is 0 Å². The highest BCUT2D eigenvalue weighted by molar-refractivity contribution is 4.92. The highest BCUT2D eigenvalue weighted by Crippen LogP contribution is 2.28. The van der Waals surface area contributed by atoms with Gasteiger partial charge in [0.1, 0.15) is 0 Å². The van der Waals surface area contributed by atoms with Crippen LogP contribution in [0.15, 0.2) is 0 Å². The molecule has 0 aromatic rings. The molecule has 76 valence electrons. The third-order valence-corrected chi connectivity index (χ3v) is 3.28. The molecule has 2 bridgehead atoms. The van der Waals surface area contributed by atoms with Crippen molar-refractivity contribution < 1.29 is 4.74 Å². The van der Waals surface area contributed by atoms with E-state index in [2.05, 4.69) is 12.2 Å². The number of ether oxygens (including phenoxy) is 1. The Morgan fingerprint density at radius 3 is 2.54 bits per heavy atom. The molecular weight excluding hydrogens is 162 g/mol. The van der Waals surface area contributed by atoms with E-state index in [0.29, 0.717) is 6.10 Å². The van der Waals surface area contributed by atoms with E-state index in [4.69, 9.17) is 4.74 Å². The molecule has 2 saturated heterocycles. The lowest BCUT2D eigenvalue weighted by Gasteiger charge is -2.29. The quantitative estimate of drug-likeness (QED) is 0.674. The zero-order valence-electron chi connectivity index (χ0n) is 8.59. The van der Waals surface area contributed by atoms with Gasteiger partial charge in [-0.05, 0) is 32.1 Å². The fraction of sp³-hybridized carbons (Fsp3) is 1.00. The summed E-state index contributed by atoms with van der Waals surface area (Å²) in [6.45, 7) is 3.19. The molecule has 2 aliphatic heterocycles. The number of unbranched alkanes of at least 4 members (excludes halogenated alkanes) is 1. The molecule has 0 saturated carbocycles. The van der Waals surface area contributed by atoms with E-state index in [1.165, 1.54) is 38.5 Å². The van der Waals surface area contributed by atoms with Crippen molar-refractivity contribution in [3.63, 3.8) is 0 Å². The maximum atomic E-state index is 5.86. The first-order valence-electron chi connectivity index (χ1n) is 5.76. The Morgan fingerprint density at radius 2 is 1.92 bits per heavy atom. The second-order valence-corrected chi connectivity index (χ2v) is 4.46. The first-order chi connectivity index (χ1) is 6.38. The Labute approximate surface area is 81.0 Å². The van der Waals surface area contributed by atoms with Crippen LogP contribution >= 0.6 is 0 Å². The van der Waals surface area contributed by atoms with Gasteiger partial charge in [0.25, 0.3) is 0 Å². The van der Waals surface area contributed by atoms with E-state index in [1.807, 2.05) is 0 Å². The van der Waals surface area contributed by atoms with E-state index < -0.39 is 0 Å². The van der Waals surface area contributed by atoms with Gasteiger partial charge in [-0.3, -0.25) is 0 Å². The first kappa shape index (κ1) is 9.47. The molecule has 2 unspecified atom stereocenters. The Bertz CT molecular complexity index is 148. The summed E-state index contributed by atoms with van der Waals surface area (Å²) >= 11 is 0. The number of hydrogen-bond donors (Lipinski definition) is 1. The third-order valence-electron chi connectivity index (χ3n) is 3.28. The molecule has 0 aromatic heterocycles. The third kappa shape index (κ3) is 2.44. The van der Waals surface area contributed by atoms with E-state index in [1.54, 1.807) is 0 Å². The Kier molecular flexibility index (Phi) is 3.23. The SMILES string of the molecule is CCCCOC1CC2CCC(C1)N2. The molecule has 2 heterocycles. The molecule has 2 heteroatoms. The molecule has 0 amide bonds. The minimum absolute atomic E-state index is 0.560. The van der Waals surface area contributed by atoms with Crippen LogP contribution in [0.5, 0.6) is 0 Å². The van der Waals surface area contributed by atoms with Crippen molar-refractivity contribution >= 4 is 0 Å². The van der Waals surface area contributed by atoms with Crippen molar-refractivity contribution in [3.05, 3.63) is 0 Å². The molecule has 0 spiro atoms. The van der Waals surface area contributed by atoms with Gasteiger partial charge < -0.3 is 10.1 Å². The standard InChI is InChI=1S/C11H21NO/c1-2-3-6-13-11-7-9-4-5-10(8-11)12-9/h9-12H,2-8H2,1H3. The lowest BCUT2D eigenvalue weighted by Crippen LogP contribution is -2.41. The van der Waals surface area contributed by atoms with Crippen molar-refractivity contribution in [1.29, 1.82) is 0 Å². The number of nitrogens with one attached hydrogen (secondary N) is 1. The summed E-state index contributed by atoms with van der Waals surface area (Å²) in [6, 6.07) is 1.54. The zero-order valence-corrected chi connectivity index (χ0v) is 8.59. The van der Waals surface area contributed by atoms with Gasteiger partial charge >= 0.3 is 0 Å². The van der Waals surface area contributed by atoms with Crippen LogP contribution < -0.4 is 5.32 Å². The van der Waals surface area contributed by atoms with Crippen LogP contribution in [0.1, 0.15) is 45.4 Å². The normalized spacial score (nSPS) is 38.1. The molecule has 13 heavy (non-hydrogen) atoms. The largest absolute Gasteiger partial charge is 0.378 e.